The van der Waals surface area contributed by atoms with Crippen LogP contribution in [0.2, 0.25) is 0 Å². The fourth-order valence-corrected chi connectivity index (χ4v) is 2.95. The first-order valence-electron chi connectivity index (χ1n) is 9.37. The van der Waals surface area contributed by atoms with Crippen molar-refractivity contribution in [3.63, 3.8) is 0 Å². The molecule has 0 aromatic heterocycles. The second kappa shape index (κ2) is 11.3. The van der Waals surface area contributed by atoms with Gasteiger partial charge in [-0.2, -0.15) is 0 Å². The van der Waals surface area contributed by atoms with Crippen molar-refractivity contribution in [2.75, 3.05) is 41.7 Å². The third-order valence-electron chi connectivity index (χ3n) is 4.54. The van der Waals surface area contributed by atoms with Gasteiger partial charge in [-0.05, 0) is 35.4 Å². The largest absolute Gasteiger partial charge is 0.502 e. The highest BCUT2D eigenvalue weighted by Crippen LogP contribution is 2.42. The average molecular weight is 436 g/mol. The Labute approximate surface area is 180 Å². The smallest absolute Gasteiger partial charge is 0.204 e. The SMILES string of the molecule is COc1cc([C@@H](O)[C@H](CO)Oc2c(OC)cc(/C=C\CO)cc2OC)cc(OC)c1O. The Kier molecular flexibility index (Phi) is 8.80. The van der Waals surface area contributed by atoms with Crippen molar-refractivity contribution in [1.82, 2.24) is 0 Å². The van der Waals surface area contributed by atoms with Crippen LogP contribution in [0.3, 0.4) is 0 Å². The van der Waals surface area contributed by atoms with Gasteiger partial charge in [0.1, 0.15) is 6.10 Å². The zero-order chi connectivity index (χ0) is 23.0. The first-order chi connectivity index (χ1) is 14.9. The highest BCUT2D eigenvalue weighted by molar-refractivity contribution is 5.62. The molecule has 170 valence electrons. The van der Waals surface area contributed by atoms with Gasteiger partial charge in [0.05, 0.1) is 41.7 Å². The van der Waals surface area contributed by atoms with E-state index in [1.54, 1.807) is 24.3 Å². The van der Waals surface area contributed by atoms with Gasteiger partial charge in [0, 0.05) is 0 Å². The fourth-order valence-electron chi connectivity index (χ4n) is 2.95. The minimum Gasteiger partial charge on any atom is -0.502 e. The molecule has 0 saturated carbocycles. The molecule has 0 heterocycles. The Morgan fingerprint density at radius 2 is 1.35 bits per heavy atom. The van der Waals surface area contributed by atoms with Gasteiger partial charge >= 0.3 is 0 Å². The molecule has 2 aromatic carbocycles. The van der Waals surface area contributed by atoms with Gasteiger partial charge in [0.2, 0.25) is 11.5 Å². The fraction of sp³-hybridized carbons (Fsp3) is 0.364. The molecule has 0 fully saturated rings. The molecule has 0 unspecified atom stereocenters. The molecule has 0 saturated heterocycles. The molecule has 4 N–H and O–H groups in total. The van der Waals surface area contributed by atoms with Gasteiger partial charge in [-0.25, -0.2) is 0 Å². The van der Waals surface area contributed by atoms with Crippen molar-refractivity contribution in [1.29, 1.82) is 0 Å². The minimum absolute atomic E-state index is 0.0975. The van der Waals surface area contributed by atoms with Crippen LogP contribution < -0.4 is 23.7 Å². The van der Waals surface area contributed by atoms with E-state index in [1.807, 2.05) is 0 Å². The number of methoxy groups -OCH3 is 4. The number of aromatic hydroxyl groups is 1. The topological polar surface area (TPSA) is 127 Å². The predicted molar refractivity (Wildman–Crippen MR) is 113 cm³/mol. The lowest BCUT2D eigenvalue weighted by atomic mass is 10.0. The van der Waals surface area contributed by atoms with Crippen molar-refractivity contribution in [2.24, 2.45) is 0 Å². The van der Waals surface area contributed by atoms with Crippen LogP contribution in [0, 0.1) is 0 Å². The van der Waals surface area contributed by atoms with E-state index in [0.29, 0.717) is 22.6 Å². The van der Waals surface area contributed by atoms with E-state index in [9.17, 15) is 15.3 Å². The van der Waals surface area contributed by atoms with Crippen LogP contribution in [-0.2, 0) is 0 Å². The molecule has 0 bridgehead atoms. The number of ether oxygens (including phenoxy) is 5. The summed E-state index contributed by atoms with van der Waals surface area (Å²) in [5.74, 6) is 0.784. The van der Waals surface area contributed by atoms with Crippen LogP contribution in [-0.4, -0.2) is 68.2 Å². The Balaban J connectivity index is 2.43. The summed E-state index contributed by atoms with van der Waals surface area (Å²) >= 11 is 0. The normalized spacial score (nSPS) is 13.0. The summed E-state index contributed by atoms with van der Waals surface area (Å²) in [5.41, 5.74) is 0.996. The van der Waals surface area contributed by atoms with E-state index < -0.39 is 18.8 Å². The van der Waals surface area contributed by atoms with Crippen LogP contribution in [0.4, 0.5) is 0 Å². The van der Waals surface area contributed by atoms with E-state index in [1.165, 1.54) is 40.6 Å². The Morgan fingerprint density at radius 1 is 0.839 bits per heavy atom. The quantitative estimate of drug-likeness (QED) is 0.418. The van der Waals surface area contributed by atoms with Crippen molar-refractivity contribution in [2.45, 2.75) is 12.2 Å². The molecule has 2 aromatic rings. The maximum atomic E-state index is 10.9. The maximum absolute atomic E-state index is 10.9. The summed E-state index contributed by atoms with van der Waals surface area (Å²) in [4.78, 5) is 0. The number of phenolic OH excluding ortho intramolecular Hbond substituents is 1. The molecule has 9 heteroatoms. The average Bonchev–Trinajstić information content (AvgIpc) is 2.80. The number of hydrogen-bond donors (Lipinski definition) is 4. The van der Waals surface area contributed by atoms with Crippen LogP contribution in [0.15, 0.2) is 30.3 Å². The standard InChI is InChI=1S/C22H28O9/c1-27-15-10-14(11-16(28-2)21(15)26)20(25)19(12-24)31-22-17(29-3)8-13(6-5-7-23)9-18(22)30-4/h5-6,8-11,19-20,23-26H,7,12H2,1-4H3/b6-5-/t19-,20+/m0/s1. The summed E-state index contributed by atoms with van der Waals surface area (Å²) in [7, 11) is 5.63. The highest BCUT2D eigenvalue weighted by Gasteiger charge is 2.27. The molecule has 0 aliphatic heterocycles. The molecular weight excluding hydrogens is 408 g/mol. The number of phenols is 1. The highest BCUT2D eigenvalue weighted by atomic mass is 16.6. The van der Waals surface area contributed by atoms with E-state index in [2.05, 4.69) is 0 Å². The predicted octanol–water partition coefficient (Wildman–Crippen LogP) is 1.91. The summed E-state index contributed by atoms with van der Waals surface area (Å²) in [6.07, 6.45) is 0.820. The first kappa shape index (κ1) is 24.1. The second-order valence-electron chi connectivity index (χ2n) is 6.40. The Hall–Kier alpha value is -3.14. The lowest BCUT2D eigenvalue weighted by Crippen LogP contribution is -2.29. The van der Waals surface area contributed by atoms with Crippen molar-refractivity contribution < 1.29 is 44.1 Å². The number of benzene rings is 2. The van der Waals surface area contributed by atoms with Crippen molar-refractivity contribution in [3.05, 3.63) is 41.5 Å². The van der Waals surface area contributed by atoms with Crippen LogP contribution in [0.25, 0.3) is 6.08 Å². The number of hydrogen-bond acceptors (Lipinski definition) is 9. The lowest BCUT2D eigenvalue weighted by molar-refractivity contribution is -0.00184. The van der Waals surface area contributed by atoms with E-state index in [-0.39, 0.29) is 29.6 Å². The molecule has 0 amide bonds. The maximum Gasteiger partial charge on any atom is 0.204 e. The minimum atomic E-state index is -1.31. The van der Waals surface area contributed by atoms with Crippen LogP contribution in [0.1, 0.15) is 17.2 Å². The number of rotatable bonds is 11. The third-order valence-corrected chi connectivity index (χ3v) is 4.54. The molecule has 2 rings (SSSR count). The molecule has 9 nitrogen and oxygen atoms in total. The molecule has 2 atom stereocenters. The van der Waals surface area contributed by atoms with E-state index >= 15 is 0 Å². The first-order valence-corrected chi connectivity index (χ1v) is 9.37. The number of aliphatic hydroxyl groups is 3. The second-order valence-corrected chi connectivity index (χ2v) is 6.40. The van der Waals surface area contributed by atoms with Gasteiger partial charge in [0.15, 0.2) is 29.1 Å². The van der Waals surface area contributed by atoms with E-state index in [0.717, 1.165) is 0 Å². The Bertz CT molecular complexity index is 845. The van der Waals surface area contributed by atoms with Crippen LogP contribution >= 0.6 is 0 Å². The molecule has 0 aliphatic rings. The van der Waals surface area contributed by atoms with Gasteiger partial charge in [-0.15, -0.1) is 0 Å². The summed E-state index contributed by atoms with van der Waals surface area (Å²) in [6.45, 7) is -0.660. The summed E-state index contributed by atoms with van der Waals surface area (Å²) < 4.78 is 26.9. The van der Waals surface area contributed by atoms with Crippen molar-refractivity contribution in [3.8, 4) is 34.5 Å². The summed E-state index contributed by atoms with van der Waals surface area (Å²) in [5, 5.41) is 39.8. The Morgan fingerprint density at radius 3 is 1.77 bits per heavy atom. The third kappa shape index (κ3) is 5.52. The molecule has 0 spiro atoms. The lowest BCUT2D eigenvalue weighted by Gasteiger charge is -2.25. The summed E-state index contributed by atoms with van der Waals surface area (Å²) in [6, 6.07) is 6.17. The molecule has 0 radical (unpaired) electrons. The van der Waals surface area contributed by atoms with Gasteiger partial charge in [0.25, 0.3) is 0 Å². The molecule has 31 heavy (non-hydrogen) atoms. The van der Waals surface area contributed by atoms with Crippen molar-refractivity contribution >= 4 is 6.08 Å². The number of aliphatic hydroxyl groups excluding tert-OH is 3. The van der Waals surface area contributed by atoms with Crippen LogP contribution in [0.5, 0.6) is 34.5 Å². The zero-order valence-electron chi connectivity index (χ0n) is 17.9. The zero-order valence-corrected chi connectivity index (χ0v) is 17.9. The van der Waals surface area contributed by atoms with Gasteiger partial charge in [-0.3, -0.25) is 0 Å². The molecule has 0 aliphatic carbocycles. The van der Waals surface area contributed by atoms with E-state index in [4.69, 9.17) is 28.8 Å². The molecular formula is C22H28O9. The van der Waals surface area contributed by atoms with Gasteiger partial charge in [-0.1, -0.05) is 12.2 Å². The van der Waals surface area contributed by atoms with Gasteiger partial charge < -0.3 is 44.1 Å². The monoisotopic (exact) mass is 436 g/mol.